The van der Waals surface area contributed by atoms with E-state index in [-0.39, 0.29) is 17.3 Å². The van der Waals surface area contributed by atoms with E-state index in [0.717, 1.165) is 28.9 Å². The van der Waals surface area contributed by atoms with Gasteiger partial charge in [0.25, 0.3) is 0 Å². The maximum absolute atomic E-state index is 11.5. The van der Waals surface area contributed by atoms with Gasteiger partial charge < -0.3 is 14.7 Å². The normalized spacial score (nSPS) is 16.0. The Bertz CT molecular complexity index is 901. The van der Waals surface area contributed by atoms with Gasteiger partial charge in [-0.3, -0.25) is 9.59 Å². The second kappa shape index (κ2) is 7.39. The zero-order valence-corrected chi connectivity index (χ0v) is 14.6. The van der Waals surface area contributed by atoms with Crippen molar-refractivity contribution in [3.63, 3.8) is 0 Å². The number of hydrogen-bond acceptors (Lipinski definition) is 6. The molecule has 0 saturated heterocycles. The third-order valence-corrected chi connectivity index (χ3v) is 4.54. The van der Waals surface area contributed by atoms with Crippen LogP contribution in [0.5, 0.6) is 11.5 Å². The minimum absolute atomic E-state index is 0.188. The van der Waals surface area contributed by atoms with Crippen molar-refractivity contribution >= 4 is 17.3 Å². The SMILES string of the molecule is COc1ccc2c(c1)C(=O)/C(=N\O)C2.COc1ccc2c(c1)C(=O)CC2. The number of carbonyl (C=O) groups is 2. The molecule has 2 aliphatic rings. The first-order valence-electron chi connectivity index (χ1n) is 8.20. The molecule has 6 nitrogen and oxygen atoms in total. The van der Waals surface area contributed by atoms with Crippen LogP contribution in [0.15, 0.2) is 41.6 Å². The molecule has 4 rings (SSSR count). The molecule has 0 radical (unpaired) electrons. The van der Waals surface area contributed by atoms with Gasteiger partial charge in [-0.15, -0.1) is 0 Å². The number of hydrogen-bond donors (Lipinski definition) is 1. The lowest BCUT2D eigenvalue weighted by Crippen LogP contribution is -2.06. The number of ketones is 2. The monoisotopic (exact) mass is 353 g/mol. The molecule has 0 heterocycles. The largest absolute Gasteiger partial charge is 0.497 e. The van der Waals surface area contributed by atoms with Crippen LogP contribution in [0.1, 0.15) is 38.3 Å². The number of rotatable bonds is 2. The first-order valence-corrected chi connectivity index (χ1v) is 8.20. The van der Waals surface area contributed by atoms with Crippen LogP contribution in [0.2, 0.25) is 0 Å². The van der Waals surface area contributed by atoms with E-state index in [1.54, 1.807) is 26.4 Å². The first-order chi connectivity index (χ1) is 12.6. The smallest absolute Gasteiger partial charge is 0.211 e. The molecule has 6 heteroatoms. The van der Waals surface area contributed by atoms with Gasteiger partial charge >= 0.3 is 0 Å². The van der Waals surface area contributed by atoms with E-state index in [2.05, 4.69) is 5.16 Å². The van der Waals surface area contributed by atoms with Crippen molar-refractivity contribution in [3.8, 4) is 11.5 Å². The van der Waals surface area contributed by atoms with Crippen molar-refractivity contribution < 1.29 is 24.3 Å². The highest BCUT2D eigenvalue weighted by atomic mass is 16.5. The highest BCUT2D eigenvalue weighted by Gasteiger charge is 2.27. The fourth-order valence-electron chi connectivity index (χ4n) is 3.09. The predicted octanol–water partition coefficient (Wildman–Crippen LogP) is 3.09. The van der Waals surface area contributed by atoms with E-state index in [0.29, 0.717) is 24.2 Å². The second-order valence-electron chi connectivity index (χ2n) is 6.02. The lowest BCUT2D eigenvalue weighted by molar-refractivity contribution is 0.0993. The van der Waals surface area contributed by atoms with Gasteiger partial charge in [0.1, 0.15) is 17.2 Å². The van der Waals surface area contributed by atoms with Crippen LogP contribution in [0.3, 0.4) is 0 Å². The first kappa shape index (κ1) is 17.7. The summed E-state index contributed by atoms with van der Waals surface area (Å²) in [7, 11) is 3.16. The fourth-order valence-corrected chi connectivity index (χ4v) is 3.09. The topological polar surface area (TPSA) is 85.2 Å². The Morgan fingerprint density at radius 3 is 2.12 bits per heavy atom. The molecule has 1 N–H and O–H groups in total. The van der Waals surface area contributed by atoms with E-state index in [4.69, 9.17) is 14.7 Å². The number of ether oxygens (including phenoxy) is 2. The Kier molecular flexibility index (Phi) is 5.02. The summed E-state index contributed by atoms with van der Waals surface area (Å²) in [5.74, 6) is 1.42. The minimum atomic E-state index is -0.221. The van der Waals surface area contributed by atoms with Gasteiger partial charge in [0.15, 0.2) is 5.78 Å². The molecule has 0 aromatic heterocycles. The zero-order valence-electron chi connectivity index (χ0n) is 14.6. The summed E-state index contributed by atoms with van der Waals surface area (Å²) in [6.45, 7) is 0. The second-order valence-corrected chi connectivity index (χ2v) is 6.02. The van der Waals surface area contributed by atoms with Crippen LogP contribution in [0.25, 0.3) is 0 Å². The van der Waals surface area contributed by atoms with Crippen molar-refractivity contribution in [1.29, 1.82) is 0 Å². The highest BCUT2D eigenvalue weighted by molar-refractivity contribution is 6.49. The molecule has 0 amide bonds. The standard InChI is InChI=1S/C10H9NO3.C10H10O2/c1-14-7-3-2-6-4-9(11-13)10(12)8(6)5-7;1-12-8-4-2-7-3-5-10(11)9(7)6-8/h2-3,5,13H,4H2,1H3;2,4,6H,3,5H2,1H3/b11-9-;. The number of carbonyl (C=O) groups excluding carboxylic acids is 2. The quantitative estimate of drug-likeness (QED) is 0.662. The molecular formula is C20H19NO5. The average molecular weight is 353 g/mol. The predicted molar refractivity (Wildman–Crippen MR) is 95.9 cm³/mol. The van der Waals surface area contributed by atoms with Crippen LogP contribution in [0, 0.1) is 0 Å². The van der Waals surface area contributed by atoms with E-state index in [9.17, 15) is 9.59 Å². The lowest BCUT2D eigenvalue weighted by atomic mass is 10.1. The number of aryl methyl sites for hydroxylation is 1. The summed E-state index contributed by atoms with van der Waals surface area (Å²) < 4.78 is 10.0. The molecule has 0 atom stereocenters. The Morgan fingerprint density at radius 1 is 0.885 bits per heavy atom. The Hall–Kier alpha value is -3.15. The van der Waals surface area contributed by atoms with Gasteiger partial charge in [-0.2, -0.15) is 0 Å². The van der Waals surface area contributed by atoms with Crippen molar-refractivity contribution in [2.24, 2.45) is 5.16 Å². The number of nitrogens with zero attached hydrogens (tertiary/aromatic N) is 1. The van der Waals surface area contributed by atoms with Crippen LogP contribution in [0.4, 0.5) is 0 Å². The van der Waals surface area contributed by atoms with Crippen molar-refractivity contribution in [1.82, 2.24) is 0 Å². The van der Waals surface area contributed by atoms with Crippen LogP contribution >= 0.6 is 0 Å². The van der Waals surface area contributed by atoms with Crippen LogP contribution < -0.4 is 9.47 Å². The molecule has 0 fully saturated rings. The number of benzene rings is 2. The van der Waals surface area contributed by atoms with Gasteiger partial charge in [0.05, 0.1) is 14.2 Å². The van der Waals surface area contributed by atoms with E-state index in [1.807, 2.05) is 24.3 Å². The summed E-state index contributed by atoms with van der Waals surface area (Å²) in [6, 6.07) is 11.0. The average Bonchev–Trinajstić information content (AvgIpc) is 3.21. The number of oxime groups is 1. The number of methoxy groups -OCH3 is 2. The summed E-state index contributed by atoms with van der Waals surface area (Å²) >= 11 is 0. The Labute approximate surface area is 151 Å². The molecule has 0 unspecified atom stereocenters. The summed E-state index contributed by atoms with van der Waals surface area (Å²) in [5, 5.41) is 11.5. The van der Waals surface area contributed by atoms with Gasteiger partial charge in [-0.1, -0.05) is 17.3 Å². The van der Waals surface area contributed by atoms with Gasteiger partial charge in [0.2, 0.25) is 5.78 Å². The fraction of sp³-hybridized carbons (Fsp3) is 0.250. The molecule has 26 heavy (non-hydrogen) atoms. The number of fused-ring (bicyclic) bond motifs is 2. The molecule has 2 aliphatic carbocycles. The molecular weight excluding hydrogens is 334 g/mol. The van der Waals surface area contributed by atoms with E-state index < -0.39 is 0 Å². The Balaban J connectivity index is 0.000000152. The summed E-state index contributed by atoms with van der Waals surface area (Å²) in [6.07, 6.45) is 1.94. The lowest BCUT2D eigenvalue weighted by Gasteiger charge is -2.01. The third-order valence-electron chi connectivity index (χ3n) is 4.54. The molecule has 0 bridgehead atoms. The van der Waals surface area contributed by atoms with Gasteiger partial charge in [-0.25, -0.2) is 0 Å². The molecule has 0 aliphatic heterocycles. The van der Waals surface area contributed by atoms with Crippen LogP contribution in [-0.4, -0.2) is 36.7 Å². The van der Waals surface area contributed by atoms with Gasteiger partial charge in [-0.05, 0) is 41.8 Å². The Morgan fingerprint density at radius 2 is 1.50 bits per heavy atom. The van der Waals surface area contributed by atoms with Crippen LogP contribution in [-0.2, 0) is 12.8 Å². The number of Topliss-reactive ketones (excluding diaryl/α,β-unsaturated/α-hetero) is 2. The molecule has 2 aromatic carbocycles. The molecule has 0 saturated carbocycles. The zero-order chi connectivity index (χ0) is 18.7. The molecule has 134 valence electrons. The third kappa shape index (κ3) is 3.31. The summed E-state index contributed by atoms with van der Waals surface area (Å²) in [5.41, 5.74) is 3.63. The highest BCUT2D eigenvalue weighted by Crippen LogP contribution is 2.26. The molecule has 0 spiro atoms. The maximum Gasteiger partial charge on any atom is 0.211 e. The maximum atomic E-state index is 11.5. The van der Waals surface area contributed by atoms with E-state index >= 15 is 0 Å². The summed E-state index contributed by atoms with van der Waals surface area (Å²) in [4.78, 5) is 22.8. The van der Waals surface area contributed by atoms with Crippen molar-refractivity contribution in [2.75, 3.05) is 14.2 Å². The minimum Gasteiger partial charge on any atom is -0.497 e. The van der Waals surface area contributed by atoms with Crippen molar-refractivity contribution in [2.45, 2.75) is 19.3 Å². The van der Waals surface area contributed by atoms with Crippen molar-refractivity contribution in [3.05, 3.63) is 58.7 Å². The van der Waals surface area contributed by atoms with E-state index in [1.165, 1.54) is 0 Å². The molecule has 2 aromatic rings. The van der Waals surface area contributed by atoms with Gasteiger partial charge in [0, 0.05) is 24.0 Å².